The van der Waals surface area contributed by atoms with Crippen molar-refractivity contribution in [1.29, 1.82) is 5.26 Å². The SMILES string of the molecule is N#Cc1ccc(NC(=O)NCC2CCCC2)cc1. The highest BCUT2D eigenvalue weighted by atomic mass is 16.2. The molecule has 0 radical (unpaired) electrons. The molecule has 18 heavy (non-hydrogen) atoms. The van der Waals surface area contributed by atoms with Gasteiger partial charge in [-0.1, -0.05) is 12.8 Å². The van der Waals surface area contributed by atoms with E-state index in [0.29, 0.717) is 17.2 Å². The predicted molar refractivity (Wildman–Crippen MR) is 70.1 cm³/mol. The van der Waals surface area contributed by atoms with Crippen LogP contribution in [-0.4, -0.2) is 12.6 Å². The second kappa shape index (κ2) is 6.06. The molecule has 2 N–H and O–H groups in total. The fraction of sp³-hybridized carbons (Fsp3) is 0.429. The number of carbonyl (C=O) groups excluding carboxylic acids is 1. The minimum Gasteiger partial charge on any atom is -0.338 e. The smallest absolute Gasteiger partial charge is 0.319 e. The summed E-state index contributed by atoms with van der Waals surface area (Å²) in [7, 11) is 0. The summed E-state index contributed by atoms with van der Waals surface area (Å²) in [5.41, 5.74) is 1.30. The second-order valence-electron chi connectivity index (χ2n) is 4.67. The van der Waals surface area contributed by atoms with Gasteiger partial charge < -0.3 is 10.6 Å². The van der Waals surface area contributed by atoms with Gasteiger partial charge >= 0.3 is 6.03 Å². The number of hydrogen-bond acceptors (Lipinski definition) is 2. The van der Waals surface area contributed by atoms with E-state index in [-0.39, 0.29) is 6.03 Å². The topological polar surface area (TPSA) is 64.9 Å². The number of rotatable bonds is 3. The average molecular weight is 243 g/mol. The van der Waals surface area contributed by atoms with Gasteiger partial charge in [0.2, 0.25) is 0 Å². The zero-order chi connectivity index (χ0) is 12.8. The molecule has 0 unspecified atom stereocenters. The molecule has 0 aliphatic heterocycles. The summed E-state index contributed by atoms with van der Waals surface area (Å²) in [6.07, 6.45) is 5.00. The van der Waals surface area contributed by atoms with E-state index >= 15 is 0 Å². The van der Waals surface area contributed by atoms with Gasteiger partial charge in [-0.15, -0.1) is 0 Å². The largest absolute Gasteiger partial charge is 0.338 e. The fourth-order valence-corrected chi connectivity index (χ4v) is 2.25. The molecule has 1 aromatic rings. The Hall–Kier alpha value is -2.02. The molecule has 0 aromatic heterocycles. The molecule has 1 aromatic carbocycles. The predicted octanol–water partition coefficient (Wildman–Crippen LogP) is 2.87. The Morgan fingerprint density at radius 3 is 2.56 bits per heavy atom. The zero-order valence-electron chi connectivity index (χ0n) is 10.3. The Morgan fingerprint density at radius 2 is 1.94 bits per heavy atom. The third-order valence-corrected chi connectivity index (χ3v) is 3.30. The number of nitrogens with one attached hydrogen (secondary N) is 2. The van der Waals surface area contributed by atoms with E-state index in [1.165, 1.54) is 25.7 Å². The van der Waals surface area contributed by atoms with Crippen molar-refractivity contribution in [2.75, 3.05) is 11.9 Å². The molecule has 1 saturated carbocycles. The molecule has 0 heterocycles. The number of nitrogens with zero attached hydrogens (tertiary/aromatic N) is 1. The van der Waals surface area contributed by atoms with Crippen LogP contribution in [0.1, 0.15) is 31.2 Å². The van der Waals surface area contributed by atoms with Crippen LogP contribution in [0, 0.1) is 17.2 Å². The van der Waals surface area contributed by atoms with Gasteiger partial charge in [0.05, 0.1) is 11.6 Å². The fourth-order valence-electron chi connectivity index (χ4n) is 2.25. The number of hydrogen-bond donors (Lipinski definition) is 2. The van der Waals surface area contributed by atoms with Gasteiger partial charge in [-0.05, 0) is 43.0 Å². The van der Waals surface area contributed by atoms with Gasteiger partial charge in [-0.2, -0.15) is 5.26 Å². The van der Waals surface area contributed by atoms with E-state index in [0.717, 1.165) is 6.54 Å². The lowest BCUT2D eigenvalue weighted by molar-refractivity contribution is 0.250. The monoisotopic (exact) mass is 243 g/mol. The molecule has 2 rings (SSSR count). The number of anilines is 1. The van der Waals surface area contributed by atoms with Crippen molar-refractivity contribution < 1.29 is 4.79 Å². The van der Waals surface area contributed by atoms with E-state index < -0.39 is 0 Å². The van der Waals surface area contributed by atoms with Gasteiger partial charge in [-0.3, -0.25) is 0 Å². The van der Waals surface area contributed by atoms with Crippen molar-refractivity contribution in [3.8, 4) is 6.07 Å². The average Bonchev–Trinajstić information content (AvgIpc) is 2.90. The highest BCUT2D eigenvalue weighted by molar-refractivity contribution is 5.89. The molecule has 0 bridgehead atoms. The number of carbonyl (C=O) groups is 1. The molecule has 2 amide bonds. The van der Waals surface area contributed by atoms with Crippen molar-refractivity contribution in [1.82, 2.24) is 5.32 Å². The standard InChI is InChI=1S/C14H17N3O/c15-9-11-5-7-13(8-6-11)17-14(18)16-10-12-3-1-2-4-12/h5-8,12H,1-4,10H2,(H2,16,17,18). The molecule has 1 aliphatic rings. The number of urea groups is 1. The van der Waals surface area contributed by atoms with E-state index in [9.17, 15) is 4.79 Å². The summed E-state index contributed by atoms with van der Waals surface area (Å²) in [5.74, 6) is 0.636. The van der Waals surface area contributed by atoms with Crippen LogP contribution in [-0.2, 0) is 0 Å². The molecule has 0 saturated heterocycles. The molecule has 94 valence electrons. The molecule has 4 heteroatoms. The lowest BCUT2D eigenvalue weighted by atomic mass is 10.1. The van der Waals surface area contributed by atoms with Crippen LogP contribution < -0.4 is 10.6 Å². The molecule has 0 spiro atoms. The normalized spacial score (nSPS) is 15.1. The van der Waals surface area contributed by atoms with Gasteiger partial charge in [-0.25, -0.2) is 4.79 Å². The van der Waals surface area contributed by atoms with Crippen molar-refractivity contribution in [2.45, 2.75) is 25.7 Å². The lowest BCUT2D eigenvalue weighted by Gasteiger charge is -2.11. The molecule has 1 aliphatic carbocycles. The first-order chi connectivity index (χ1) is 8.78. The van der Waals surface area contributed by atoms with E-state index in [1.807, 2.05) is 6.07 Å². The summed E-state index contributed by atoms with van der Waals surface area (Å²) >= 11 is 0. The van der Waals surface area contributed by atoms with Crippen molar-refractivity contribution in [2.24, 2.45) is 5.92 Å². The summed E-state index contributed by atoms with van der Waals surface area (Å²) in [4.78, 5) is 11.6. The Bertz CT molecular complexity index is 441. The minimum atomic E-state index is -0.174. The van der Waals surface area contributed by atoms with E-state index in [1.54, 1.807) is 24.3 Å². The van der Waals surface area contributed by atoms with Crippen molar-refractivity contribution >= 4 is 11.7 Å². The first-order valence-electron chi connectivity index (χ1n) is 6.33. The van der Waals surface area contributed by atoms with Crippen LogP contribution in [0.4, 0.5) is 10.5 Å². The number of nitriles is 1. The molecule has 4 nitrogen and oxygen atoms in total. The first kappa shape index (κ1) is 12.4. The highest BCUT2D eigenvalue weighted by Gasteiger charge is 2.15. The Labute approximate surface area is 107 Å². The Morgan fingerprint density at radius 1 is 1.28 bits per heavy atom. The summed E-state index contributed by atoms with van der Waals surface area (Å²) in [6.45, 7) is 0.752. The second-order valence-corrected chi connectivity index (χ2v) is 4.67. The first-order valence-corrected chi connectivity index (χ1v) is 6.33. The highest BCUT2D eigenvalue weighted by Crippen LogP contribution is 2.23. The maximum absolute atomic E-state index is 11.6. The molecular formula is C14H17N3O. The molecule has 1 fully saturated rings. The number of amides is 2. The van der Waals surface area contributed by atoms with Gasteiger partial charge in [0.15, 0.2) is 0 Å². The van der Waals surface area contributed by atoms with E-state index in [2.05, 4.69) is 10.6 Å². The van der Waals surface area contributed by atoms with Gasteiger partial charge in [0, 0.05) is 12.2 Å². The zero-order valence-corrected chi connectivity index (χ0v) is 10.3. The van der Waals surface area contributed by atoms with E-state index in [4.69, 9.17) is 5.26 Å². The molecule has 0 atom stereocenters. The van der Waals surface area contributed by atoms with Crippen molar-refractivity contribution in [3.63, 3.8) is 0 Å². The van der Waals surface area contributed by atoms with Gasteiger partial charge in [0.1, 0.15) is 0 Å². The van der Waals surface area contributed by atoms with Crippen LogP contribution in [0.2, 0.25) is 0 Å². The van der Waals surface area contributed by atoms with Gasteiger partial charge in [0.25, 0.3) is 0 Å². The van der Waals surface area contributed by atoms with Crippen LogP contribution >= 0.6 is 0 Å². The van der Waals surface area contributed by atoms with Crippen LogP contribution in [0.5, 0.6) is 0 Å². The van der Waals surface area contributed by atoms with Crippen molar-refractivity contribution in [3.05, 3.63) is 29.8 Å². The third kappa shape index (κ3) is 3.49. The van der Waals surface area contributed by atoms with Crippen LogP contribution in [0.3, 0.4) is 0 Å². The third-order valence-electron chi connectivity index (χ3n) is 3.30. The van der Waals surface area contributed by atoms with Crippen LogP contribution in [0.15, 0.2) is 24.3 Å². The minimum absolute atomic E-state index is 0.174. The van der Waals surface area contributed by atoms with Crippen LogP contribution in [0.25, 0.3) is 0 Å². The number of benzene rings is 1. The summed E-state index contributed by atoms with van der Waals surface area (Å²) < 4.78 is 0. The molecular weight excluding hydrogens is 226 g/mol. The Balaban J connectivity index is 1.77. The summed E-state index contributed by atoms with van der Waals surface area (Å²) in [6, 6.07) is 8.70. The quantitative estimate of drug-likeness (QED) is 0.857. The lowest BCUT2D eigenvalue weighted by Crippen LogP contribution is -2.32. The Kier molecular flexibility index (Phi) is 4.19. The summed E-state index contributed by atoms with van der Waals surface area (Å²) in [5, 5.41) is 14.3. The maximum Gasteiger partial charge on any atom is 0.319 e. The maximum atomic E-state index is 11.6.